The van der Waals surface area contributed by atoms with E-state index in [-0.39, 0.29) is 0 Å². The monoisotopic (exact) mass is 316 g/mol. The molecule has 2 saturated heterocycles. The van der Waals surface area contributed by atoms with Gasteiger partial charge in [0, 0.05) is 39.4 Å². The number of benzene rings is 1. The van der Waals surface area contributed by atoms with Crippen LogP contribution in [-0.2, 0) is 11.3 Å². The molecule has 0 bridgehead atoms. The summed E-state index contributed by atoms with van der Waals surface area (Å²) in [6.07, 6.45) is 3.86. The van der Waals surface area contributed by atoms with Gasteiger partial charge in [0.25, 0.3) is 0 Å². The highest BCUT2D eigenvalue weighted by atomic mass is 16.5. The third-order valence-corrected chi connectivity index (χ3v) is 5.44. The van der Waals surface area contributed by atoms with Gasteiger partial charge in [0.05, 0.1) is 0 Å². The summed E-state index contributed by atoms with van der Waals surface area (Å²) in [6, 6.07) is 10.9. The largest absolute Gasteiger partial charge is 0.381 e. The SMILES string of the molecule is CCN(CC1CCOCC1)C[C@H]1CCN(Cc2ccccc2)C1. The van der Waals surface area contributed by atoms with Crippen LogP contribution in [-0.4, -0.2) is 55.7 Å². The van der Waals surface area contributed by atoms with Crippen LogP contribution in [0.25, 0.3) is 0 Å². The number of likely N-dealkylation sites (tertiary alicyclic amines) is 1. The number of rotatable bonds is 7. The minimum Gasteiger partial charge on any atom is -0.381 e. The zero-order valence-electron chi connectivity index (χ0n) is 14.6. The molecule has 0 spiro atoms. The summed E-state index contributed by atoms with van der Waals surface area (Å²) < 4.78 is 5.49. The second kappa shape index (κ2) is 8.81. The average Bonchev–Trinajstić information content (AvgIpc) is 3.03. The van der Waals surface area contributed by atoms with Crippen LogP contribution in [0.4, 0.5) is 0 Å². The molecule has 3 nitrogen and oxygen atoms in total. The zero-order valence-corrected chi connectivity index (χ0v) is 14.6. The minimum absolute atomic E-state index is 0.846. The molecule has 0 amide bonds. The lowest BCUT2D eigenvalue weighted by molar-refractivity contribution is 0.0511. The summed E-state index contributed by atoms with van der Waals surface area (Å²) in [5.74, 6) is 1.70. The van der Waals surface area contributed by atoms with E-state index in [1.54, 1.807) is 0 Å². The van der Waals surface area contributed by atoms with Gasteiger partial charge >= 0.3 is 0 Å². The summed E-state index contributed by atoms with van der Waals surface area (Å²) in [5, 5.41) is 0. The lowest BCUT2D eigenvalue weighted by Crippen LogP contribution is -2.36. The molecule has 128 valence electrons. The molecule has 1 aromatic carbocycles. The maximum Gasteiger partial charge on any atom is 0.0469 e. The number of hydrogen-bond acceptors (Lipinski definition) is 3. The third-order valence-electron chi connectivity index (χ3n) is 5.44. The third kappa shape index (κ3) is 5.30. The number of hydrogen-bond donors (Lipinski definition) is 0. The molecule has 1 aromatic rings. The summed E-state index contributed by atoms with van der Waals surface area (Å²) in [4.78, 5) is 5.31. The van der Waals surface area contributed by atoms with Crippen molar-refractivity contribution < 1.29 is 4.74 Å². The topological polar surface area (TPSA) is 15.7 Å². The highest BCUT2D eigenvalue weighted by Gasteiger charge is 2.25. The molecule has 2 fully saturated rings. The molecule has 0 unspecified atom stereocenters. The predicted octanol–water partition coefficient (Wildman–Crippen LogP) is 3.26. The van der Waals surface area contributed by atoms with Crippen LogP contribution in [0, 0.1) is 11.8 Å². The van der Waals surface area contributed by atoms with Crippen molar-refractivity contribution in [2.75, 3.05) is 45.9 Å². The van der Waals surface area contributed by atoms with E-state index in [9.17, 15) is 0 Å². The molecular weight excluding hydrogens is 284 g/mol. The first-order chi connectivity index (χ1) is 11.3. The van der Waals surface area contributed by atoms with E-state index >= 15 is 0 Å². The minimum atomic E-state index is 0.846. The molecule has 3 rings (SSSR count). The van der Waals surface area contributed by atoms with Crippen LogP contribution < -0.4 is 0 Å². The van der Waals surface area contributed by atoms with Gasteiger partial charge in [-0.2, -0.15) is 0 Å². The van der Waals surface area contributed by atoms with Crippen molar-refractivity contribution in [2.45, 2.75) is 32.7 Å². The Bertz CT molecular complexity index is 444. The molecule has 1 atom stereocenters. The summed E-state index contributed by atoms with van der Waals surface area (Å²) in [7, 11) is 0. The van der Waals surface area contributed by atoms with Crippen molar-refractivity contribution >= 4 is 0 Å². The fourth-order valence-electron chi connectivity index (χ4n) is 4.04. The van der Waals surface area contributed by atoms with E-state index in [0.29, 0.717) is 0 Å². The molecule has 0 radical (unpaired) electrons. The van der Waals surface area contributed by atoms with Crippen molar-refractivity contribution in [1.82, 2.24) is 9.80 Å². The van der Waals surface area contributed by atoms with Gasteiger partial charge in [-0.05, 0) is 49.8 Å². The van der Waals surface area contributed by atoms with E-state index in [1.165, 1.54) is 57.5 Å². The predicted molar refractivity (Wildman–Crippen MR) is 95.5 cm³/mol. The Balaban J connectivity index is 1.42. The maximum atomic E-state index is 5.49. The summed E-state index contributed by atoms with van der Waals surface area (Å²) in [6.45, 7) is 11.6. The van der Waals surface area contributed by atoms with Crippen LogP contribution in [0.1, 0.15) is 31.7 Å². The van der Waals surface area contributed by atoms with Crippen LogP contribution in [0.2, 0.25) is 0 Å². The standard InChI is InChI=1S/C20H32N2O/c1-2-21(14-19-9-12-23-13-10-19)16-20-8-11-22(17-20)15-18-6-4-3-5-7-18/h3-7,19-20H,2,8-17H2,1H3/t20-/m1/s1. The number of nitrogens with zero attached hydrogens (tertiary/aromatic N) is 2. The van der Waals surface area contributed by atoms with Gasteiger partial charge in [-0.1, -0.05) is 37.3 Å². The Kier molecular flexibility index (Phi) is 6.49. The van der Waals surface area contributed by atoms with Crippen molar-refractivity contribution in [1.29, 1.82) is 0 Å². The van der Waals surface area contributed by atoms with Gasteiger partial charge in [0.2, 0.25) is 0 Å². The summed E-state index contributed by atoms with van der Waals surface area (Å²) >= 11 is 0. The zero-order chi connectivity index (χ0) is 15.9. The Morgan fingerprint density at radius 3 is 2.52 bits per heavy atom. The fourth-order valence-corrected chi connectivity index (χ4v) is 4.04. The Labute approximate surface area is 141 Å². The van der Waals surface area contributed by atoms with Crippen LogP contribution in [0.3, 0.4) is 0 Å². The molecule has 3 heteroatoms. The normalized spacial score (nSPS) is 23.7. The molecule has 0 saturated carbocycles. The number of ether oxygens (including phenoxy) is 1. The Morgan fingerprint density at radius 1 is 1.04 bits per heavy atom. The smallest absolute Gasteiger partial charge is 0.0469 e. The maximum absolute atomic E-state index is 5.49. The Hall–Kier alpha value is -0.900. The second-order valence-electron chi connectivity index (χ2n) is 7.28. The van der Waals surface area contributed by atoms with Crippen molar-refractivity contribution in [3.8, 4) is 0 Å². The van der Waals surface area contributed by atoms with Gasteiger partial charge < -0.3 is 9.64 Å². The summed E-state index contributed by atoms with van der Waals surface area (Å²) in [5.41, 5.74) is 1.45. The van der Waals surface area contributed by atoms with Gasteiger partial charge in [-0.25, -0.2) is 0 Å². The quantitative estimate of drug-likeness (QED) is 0.768. The molecule has 0 aromatic heterocycles. The highest BCUT2D eigenvalue weighted by molar-refractivity contribution is 5.14. The van der Waals surface area contributed by atoms with Crippen LogP contribution in [0.5, 0.6) is 0 Å². The van der Waals surface area contributed by atoms with E-state index < -0.39 is 0 Å². The van der Waals surface area contributed by atoms with Gasteiger partial charge in [-0.15, -0.1) is 0 Å². The van der Waals surface area contributed by atoms with Gasteiger partial charge in [-0.3, -0.25) is 4.90 Å². The molecule has 2 aliphatic rings. The van der Waals surface area contributed by atoms with E-state index in [2.05, 4.69) is 47.1 Å². The van der Waals surface area contributed by atoms with Crippen molar-refractivity contribution in [3.63, 3.8) is 0 Å². The fraction of sp³-hybridized carbons (Fsp3) is 0.700. The van der Waals surface area contributed by atoms with Crippen molar-refractivity contribution in [3.05, 3.63) is 35.9 Å². The average molecular weight is 316 g/mol. The molecule has 2 heterocycles. The van der Waals surface area contributed by atoms with E-state index in [1.807, 2.05) is 0 Å². The van der Waals surface area contributed by atoms with E-state index in [0.717, 1.165) is 31.6 Å². The van der Waals surface area contributed by atoms with Gasteiger partial charge in [0.1, 0.15) is 0 Å². The first kappa shape index (κ1) is 16.9. The first-order valence-corrected chi connectivity index (χ1v) is 9.40. The van der Waals surface area contributed by atoms with Crippen LogP contribution in [0.15, 0.2) is 30.3 Å². The lowest BCUT2D eigenvalue weighted by Gasteiger charge is -2.30. The molecular formula is C20H32N2O. The second-order valence-corrected chi connectivity index (χ2v) is 7.28. The lowest BCUT2D eigenvalue weighted by atomic mass is 9.99. The molecule has 0 N–H and O–H groups in total. The Morgan fingerprint density at radius 2 is 1.78 bits per heavy atom. The van der Waals surface area contributed by atoms with Gasteiger partial charge in [0.15, 0.2) is 0 Å². The molecule has 23 heavy (non-hydrogen) atoms. The molecule has 2 aliphatic heterocycles. The van der Waals surface area contributed by atoms with Crippen LogP contribution >= 0.6 is 0 Å². The molecule has 0 aliphatic carbocycles. The highest BCUT2D eigenvalue weighted by Crippen LogP contribution is 2.22. The van der Waals surface area contributed by atoms with Crippen molar-refractivity contribution in [2.24, 2.45) is 11.8 Å². The first-order valence-electron chi connectivity index (χ1n) is 9.40. The van der Waals surface area contributed by atoms with E-state index in [4.69, 9.17) is 4.74 Å².